The van der Waals surface area contributed by atoms with E-state index < -0.39 is 24.2 Å². The van der Waals surface area contributed by atoms with Gasteiger partial charge in [0.1, 0.15) is 6.10 Å². The lowest BCUT2D eigenvalue weighted by molar-refractivity contribution is -0.154. The Morgan fingerprint density at radius 3 is 2.39 bits per heavy atom. The van der Waals surface area contributed by atoms with Crippen LogP contribution in [0.4, 0.5) is 0 Å². The van der Waals surface area contributed by atoms with Gasteiger partial charge in [-0.3, -0.25) is 4.79 Å². The summed E-state index contributed by atoms with van der Waals surface area (Å²) in [6.07, 6.45) is -0.479. The molecule has 0 aliphatic carbocycles. The van der Waals surface area contributed by atoms with E-state index in [1.165, 1.54) is 10.2 Å². The van der Waals surface area contributed by atoms with E-state index in [1.807, 2.05) is 44.2 Å². The van der Waals surface area contributed by atoms with Crippen LogP contribution in [0, 0.1) is 13.8 Å². The standard InChI is InChI=1S/C27H29BrN4O4/c1-16-13-17(2)31(30-16)26-29-23-12-11-21(28)14-22(23)25(34)32(26)35-15-24(33)36-18(3)19-7-9-20(10-8-19)27(4,5)6/h7-14,18H,15H2,1-6H3. The lowest BCUT2D eigenvalue weighted by atomic mass is 9.86. The number of carbonyl (C=O) groups is 1. The molecule has 0 aliphatic heterocycles. The quantitative estimate of drug-likeness (QED) is 0.313. The minimum atomic E-state index is -0.608. The van der Waals surface area contributed by atoms with Gasteiger partial charge in [0.05, 0.1) is 16.6 Å². The third-order valence-corrected chi connectivity index (χ3v) is 6.33. The maximum atomic E-state index is 13.3. The molecule has 0 bridgehead atoms. The molecular formula is C27H29BrN4O4. The van der Waals surface area contributed by atoms with E-state index in [4.69, 9.17) is 9.57 Å². The van der Waals surface area contributed by atoms with Crippen LogP contribution in [0.1, 0.15) is 56.3 Å². The average molecular weight is 553 g/mol. The van der Waals surface area contributed by atoms with Gasteiger partial charge in [-0.05, 0) is 61.6 Å². The summed E-state index contributed by atoms with van der Waals surface area (Å²) in [7, 11) is 0. The summed E-state index contributed by atoms with van der Waals surface area (Å²) in [5, 5.41) is 4.78. The molecule has 0 saturated carbocycles. The zero-order valence-corrected chi connectivity index (χ0v) is 22.8. The van der Waals surface area contributed by atoms with E-state index >= 15 is 0 Å². The molecule has 188 valence electrons. The van der Waals surface area contributed by atoms with Gasteiger partial charge in [0, 0.05) is 10.2 Å². The molecule has 0 N–H and O–H groups in total. The second-order valence-electron chi connectivity index (χ2n) is 9.79. The van der Waals surface area contributed by atoms with Crippen LogP contribution in [0.2, 0.25) is 0 Å². The molecule has 9 heteroatoms. The maximum Gasteiger partial charge on any atom is 0.347 e. The summed E-state index contributed by atoms with van der Waals surface area (Å²) in [4.78, 5) is 36.3. The van der Waals surface area contributed by atoms with Crippen molar-refractivity contribution >= 4 is 32.8 Å². The molecule has 4 rings (SSSR count). The van der Waals surface area contributed by atoms with Crippen LogP contribution in [0.25, 0.3) is 16.9 Å². The SMILES string of the molecule is Cc1cc(C)n(-c2nc3ccc(Br)cc3c(=O)n2OCC(=O)OC(C)c2ccc(C(C)(C)C)cc2)n1. The van der Waals surface area contributed by atoms with Gasteiger partial charge < -0.3 is 9.57 Å². The first-order chi connectivity index (χ1) is 16.9. The van der Waals surface area contributed by atoms with Crippen LogP contribution in [-0.4, -0.2) is 32.1 Å². The lowest BCUT2D eigenvalue weighted by Gasteiger charge is -2.20. The maximum absolute atomic E-state index is 13.3. The number of benzene rings is 2. The van der Waals surface area contributed by atoms with Crippen molar-refractivity contribution in [1.29, 1.82) is 0 Å². The van der Waals surface area contributed by atoms with Gasteiger partial charge >= 0.3 is 5.97 Å². The van der Waals surface area contributed by atoms with Crippen LogP contribution >= 0.6 is 15.9 Å². The number of aromatic nitrogens is 4. The van der Waals surface area contributed by atoms with Gasteiger partial charge in [-0.25, -0.2) is 14.5 Å². The Kier molecular flexibility index (Phi) is 7.04. The number of hydrogen-bond acceptors (Lipinski definition) is 6. The molecule has 4 aromatic rings. The Balaban J connectivity index is 1.58. The van der Waals surface area contributed by atoms with E-state index in [0.29, 0.717) is 10.9 Å². The molecule has 0 saturated heterocycles. The highest BCUT2D eigenvalue weighted by atomic mass is 79.9. The second-order valence-corrected chi connectivity index (χ2v) is 10.7. The molecule has 8 nitrogen and oxygen atoms in total. The van der Waals surface area contributed by atoms with E-state index in [0.717, 1.165) is 26.2 Å². The topological polar surface area (TPSA) is 88.2 Å². The number of ether oxygens (including phenoxy) is 1. The fourth-order valence-corrected chi connectivity index (χ4v) is 4.24. The van der Waals surface area contributed by atoms with Crippen LogP contribution < -0.4 is 10.4 Å². The molecule has 0 spiro atoms. The third-order valence-electron chi connectivity index (χ3n) is 5.84. The highest BCUT2D eigenvalue weighted by Crippen LogP contribution is 2.25. The van der Waals surface area contributed by atoms with Gasteiger partial charge in [0.2, 0.25) is 6.61 Å². The van der Waals surface area contributed by atoms with E-state index in [9.17, 15) is 9.59 Å². The Morgan fingerprint density at radius 2 is 1.78 bits per heavy atom. The number of hydrogen-bond donors (Lipinski definition) is 0. The van der Waals surface area contributed by atoms with Crippen molar-refractivity contribution in [2.24, 2.45) is 0 Å². The van der Waals surface area contributed by atoms with Crippen molar-refractivity contribution in [3.8, 4) is 5.95 Å². The monoisotopic (exact) mass is 552 g/mol. The van der Waals surface area contributed by atoms with Gasteiger partial charge in [-0.1, -0.05) is 61.0 Å². The molecule has 36 heavy (non-hydrogen) atoms. The van der Waals surface area contributed by atoms with Crippen LogP contribution in [0.3, 0.4) is 0 Å². The first kappa shape index (κ1) is 25.6. The molecule has 2 aromatic heterocycles. The summed E-state index contributed by atoms with van der Waals surface area (Å²) in [6.45, 7) is 11.5. The molecule has 1 unspecified atom stereocenters. The van der Waals surface area contributed by atoms with Crippen LogP contribution in [0.5, 0.6) is 0 Å². The first-order valence-corrected chi connectivity index (χ1v) is 12.4. The number of halogens is 1. The molecule has 0 amide bonds. The predicted molar refractivity (Wildman–Crippen MR) is 141 cm³/mol. The smallest absolute Gasteiger partial charge is 0.347 e. The summed E-state index contributed by atoms with van der Waals surface area (Å²) in [5.74, 6) is -0.456. The van der Waals surface area contributed by atoms with Crippen LogP contribution in [0.15, 0.2) is 57.8 Å². The number of carbonyl (C=O) groups excluding carboxylic acids is 1. The Bertz CT molecular complexity index is 1480. The van der Waals surface area contributed by atoms with Crippen molar-refractivity contribution in [3.63, 3.8) is 0 Å². The summed E-state index contributed by atoms with van der Waals surface area (Å²) < 4.78 is 8.82. The predicted octanol–water partition coefficient (Wildman–Crippen LogP) is 4.99. The van der Waals surface area contributed by atoms with E-state index in [-0.39, 0.29) is 11.4 Å². The summed E-state index contributed by atoms with van der Waals surface area (Å²) >= 11 is 3.39. The zero-order valence-electron chi connectivity index (χ0n) is 21.2. The molecule has 0 radical (unpaired) electrons. The van der Waals surface area contributed by atoms with Crippen molar-refractivity contribution in [3.05, 3.63) is 85.9 Å². The number of nitrogens with zero attached hydrogens (tertiary/aromatic N) is 4. The normalized spacial score (nSPS) is 12.5. The molecule has 0 aliphatic rings. The van der Waals surface area contributed by atoms with Gasteiger partial charge in [0.15, 0.2) is 0 Å². The van der Waals surface area contributed by atoms with Crippen molar-refractivity contribution in [2.45, 2.75) is 53.1 Å². The number of fused-ring (bicyclic) bond motifs is 1. The van der Waals surface area contributed by atoms with Crippen molar-refractivity contribution in [1.82, 2.24) is 19.5 Å². The average Bonchev–Trinajstić information content (AvgIpc) is 3.15. The highest BCUT2D eigenvalue weighted by molar-refractivity contribution is 9.10. The first-order valence-electron chi connectivity index (χ1n) is 11.6. The van der Waals surface area contributed by atoms with E-state index in [2.05, 4.69) is 46.8 Å². The minimum Gasteiger partial charge on any atom is -0.455 e. The second kappa shape index (κ2) is 9.89. The fourth-order valence-electron chi connectivity index (χ4n) is 3.88. The largest absolute Gasteiger partial charge is 0.455 e. The Labute approximate surface area is 218 Å². The summed E-state index contributed by atoms with van der Waals surface area (Å²) in [6, 6.07) is 15.1. The number of esters is 1. The molecule has 0 fully saturated rings. The lowest BCUT2D eigenvalue weighted by Crippen LogP contribution is -2.35. The zero-order chi connectivity index (χ0) is 26.2. The third kappa shape index (κ3) is 5.36. The highest BCUT2D eigenvalue weighted by Gasteiger charge is 2.20. The van der Waals surface area contributed by atoms with Gasteiger partial charge in [-0.15, -0.1) is 4.73 Å². The Morgan fingerprint density at radius 1 is 1.08 bits per heavy atom. The molecule has 2 aromatic carbocycles. The molecular weight excluding hydrogens is 524 g/mol. The minimum absolute atomic E-state index is 0.0339. The number of rotatable bonds is 6. The Hall–Kier alpha value is -3.46. The van der Waals surface area contributed by atoms with Crippen molar-refractivity contribution in [2.75, 3.05) is 6.61 Å². The van der Waals surface area contributed by atoms with Gasteiger partial charge in [0.25, 0.3) is 11.5 Å². The molecule has 2 heterocycles. The van der Waals surface area contributed by atoms with Gasteiger partial charge in [-0.2, -0.15) is 5.10 Å². The van der Waals surface area contributed by atoms with Crippen molar-refractivity contribution < 1.29 is 14.4 Å². The van der Waals surface area contributed by atoms with Crippen LogP contribution in [-0.2, 0) is 14.9 Å². The summed E-state index contributed by atoms with van der Waals surface area (Å²) in [5.41, 5.74) is 3.65. The number of aryl methyl sites for hydroxylation is 2. The fraction of sp³-hybridized carbons (Fsp3) is 0.333. The van der Waals surface area contributed by atoms with E-state index in [1.54, 1.807) is 25.1 Å². The molecule has 1 atom stereocenters.